The maximum atomic E-state index is 12.9. The summed E-state index contributed by atoms with van der Waals surface area (Å²) in [5, 5.41) is 0.899. The molecular formula is C17H23N3OS. The van der Waals surface area contributed by atoms with Gasteiger partial charge in [0.2, 0.25) is 5.95 Å². The van der Waals surface area contributed by atoms with Gasteiger partial charge < -0.3 is 4.90 Å². The average Bonchev–Trinajstić information content (AvgIpc) is 2.90. The zero-order valence-electron chi connectivity index (χ0n) is 13.4. The van der Waals surface area contributed by atoms with Crippen molar-refractivity contribution in [2.75, 3.05) is 18.0 Å². The van der Waals surface area contributed by atoms with Crippen LogP contribution in [0.4, 0.5) is 5.95 Å². The van der Waals surface area contributed by atoms with Crippen LogP contribution in [0.3, 0.4) is 0 Å². The van der Waals surface area contributed by atoms with Crippen LogP contribution in [0.15, 0.2) is 4.79 Å². The molecule has 0 unspecified atom stereocenters. The van der Waals surface area contributed by atoms with E-state index >= 15 is 0 Å². The van der Waals surface area contributed by atoms with Gasteiger partial charge >= 0.3 is 0 Å². The van der Waals surface area contributed by atoms with E-state index in [2.05, 4.69) is 11.8 Å². The van der Waals surface area contributed by atoms with Gasteiger partial charge in [0, 0.05) is 25.0 Å². The Balaban J connectivity index is 1.84. The molecule has 4 nitrogen and oxygen atoms in total. The minimum absolute atomic E-state index is 0.151. The van der Waals surface area contributed by atoms with Gasteiger partial charge in [-0.1, -0.05) is 6.92 Å². The lowest BCUT2D eigenvalue weighted by molar-refractivity contribution is 0.431. The van der Waals surface area contributed by atoms with Crippen LogP contribution in [0, 0.1) is 5.92 Å². The van der Waals surface area contributed by atoms with Gasteiger partial charge in [-0.05, 0) is 50.0 Å². The van der Waals surface area contributed by atoms with Crippen LogP contribution in [0.25, 0.3) is 10.2 Å². The lowest BCUT2D eigenvalue weighted by Gasteiger charge is -2.31. The predicted octanol–water partition coefficient (Wildman–Crippen LogP) is 3.11. The van der Waals surface area contributed by atoms with Crippen molar-refractivity contribution in [2.45, 2.75) is 45.4 Å². The number of nitrogens with zero attached hydrogens (tertiary/aromatic N) is 3. The van der Waals surface area contributed by atoms with Crippen molar-refractivity contribution < 1.29 is 0 Å². The first-order valence-electron chi connectivity index (χ1n) is 8.41. The fourth-order valence-corrected chi connectivity index (χ4v) is 5.01. The Hall–Kier alpha value is -1.36. The summed E-state index contributed by atoms with van der Waals surface area (Å²) in [6.45, 7) is 4.33. The first-order valence-corrected chi connectivity index (χ1v) is 9.23. The number of fused-ring (bicyclic) bond motifs is 3. The standard InChI is InChI=1S/C17H23N3OS/c1-11-7-9-20(10-8-11)17-18-15-14(16(21)19(17)2)12-5-3-4-6-13(12)22-15/h11H,3-10H2,1-2H3. The number of aromatic nitrogens is 2. The molecule has 4 rings (SSSR count). The predicted molar refractivity (Wildman–Crippen MR) is 92.1 cm³/mol. The number of piperidine rings is 1. The quantitative estimate of drug-likeness (QED) is 0.811. The molecule has 2 aromatic heterocycles. The van der Waals surface area contributed by atoms with E-state index in [1.54, 1.807) is 15.9 Å². The normalized spacial score (nSPS) is 19.6. The van der Waals surface area contributed by atoms with Crippen LogP contribution in [-0.2, 0) is 19.9 Å². The first-order chi connectivity index (χ1) is 10.6. The van der Waals surface area contributed by atoms with Crippen LogP contribution >= 0.6 is 11.3 Å². The van der Waals surface area contributed by atoms with Gasteiger partial charge in [0.15, 0.2) is 0 Å². The summed E-state index contributed by atoms with van der Waals surface area (Å²) in [7, 11) is 1.88. The highest BCUT2D eigenvalue weighted by atomic mass is 32.1. The fraction of sp³-hybridized carbons (Fsp3) is 0.647. The molecule has 1 aliphatic carbocycles. The molecule has 2 aromatic rings. The van der Waals surface area contributed by atoms with Crippen LogP contribution < -0.4 is 10.5 Å². The Labute approximate surface area is 134 Å². The van der Waals surface area contributed by atoms with Crippen molar-refractivity contribution in [1.82, 2.24) is 9.55 Å². The highest BCUT2D eigenvalue weighted by Crippen LogP contribution is 2.34. The number of hydrogen-bond acceptors (Lipinski definition) is 4. The summed E-state index contributed by atoms with van der Waals surface area (Å²) in [5.74, 6) is 1.65. The Kier molecular flexibility index (Phi) is 3.48. The lowest BCUT2D eigenvalue weighted by Crippen LogP contribution is -2.37. The van der Waals surface area contributed by atoms with E-state index < -0.39 is 0 Å². The molecule has 0 atom stereocenters. The number of rotatable bonds is 1. The largest absolute Gasteiger partial charge is 0.342 e. The number of thiophene rings is 1. The minimum Gasteiger partial charge on any atom is -0.342 e. The molecule has 0 radical (unpaired) electrons. The molecule has 0 bridgehead atoms. The van der Waals surface area contributed by atoms with Gasteiger partial charge in [-0.15, -0.1) is 11.3 Å². The summed E-state index contributed by atoms with van der Waals surface area (Å²) >= 11 is 1.75. The molecule has 1 saturated heterocycles. The Bertz CT molecular complexity index is 768. The first kappa shape index (κ1) is 14.2. The summed E-state index contributed by atoms with van der Waals surface area (Å²) in [4.78, 5) is 22.4. The molecule has 3 heterocycles. The minimum atomic E-state index is 0.151. The van der Waals surface area contributed by atoms with Gasteiger partial charge in [-0.25, -0.2) is 4.98 Å². The van der Waals surface area contributed by atoms with E-state index in [0.29, 0.717) is 0 Å². The summed E-state index contributed by atoms with van der Waals surface area (Å²) in [6.07, 6.45) is 7.00. The Morgan fingerprint density at radius 1 is 1.18 bits per heavy atom. The van der Waals surface area contributed by atoms with E-state index in [4.69, 9.17) is 4.98 Å². The monoisotopic (exact) mass is 317 g/mol. The zero-order chi connectivity index (χ0) is 15.3. The van der Waals surface area contributed by atoms with Crippen LogP contribution in [0.2, 0.25) is 0 Å². The highest BCUT2D eigenvalue weighted by Gasteiger charge is 2.24. The smallest absolute Gasteiger partial charge is 0.263 e. The second-order valence-corrected chi connectivity index (χ2v) is 7.92. The van der Waals surface area contributed by atoms with Crippen molar-refractivity contribution in [3.63, 3.8) is 0 Å². The van der Waals surface area contributed by atoms with Gasteiger partial charge in [0.05, 0.1) is 5.39 Å². The van der Waals surface area contributed by atoms with E-state index in [-0.39, 0.29) is 5.56 Å². The molecule has 5 heteroatoms. The molecule has 0 amide bonds. The topological polar surface area (TPSA) is 38.1 Å². The Morgan fingerprint density at radius 2 is 1.91 bits per heavy atom. The second-order valence-electron chi connectivity index (χ2n) is 6.84. The molecule has 2 aliphatic rings. The van der Waals surface area contributed by atoms with Crippen molar-refractivity contribution in [1.29, 1.82) is 0 Å². The van der Waals surface area contributed by atoms with Crippen molar-refractivity contribution >= 4 is 27.5 Å². The van der Waals surface area contributed by atoms with Crippen LogP contribution in [-0.4, -0.2) is 22.6 Å². The number of anilines is 1. The maximum absolute atomic E-state index is 12.9. The third kappa shape index (κ3) is 2.18. The van der Waals surface area contributed by atoms with Gasteiger partial charge in [0.25, 0.3) is 5.56 Å². The maximum Gasteiger partial charge on any atom is 0.263 e. The third-order valence-corrected chi connectivity index (χ3v) is 6.42. The van der Waals surface area contributed by atoms with Crippen molar-refractivity contribution in [2.24, 2.45) is 13.0 Å². The summed E-state index contributed by atoms with van der Waals surface area (Å²) in [5.41, 5.74) is 1.44. The SMILES string of the molecule is CC1CCN(c2nc3sc4c(c3c(=O)n2C)CCCC4)CC1. The molecule has 118 valence electrons. The van der Waals surface area contributed by atoms with E-state index in [1.807, 2.05) is 7.05 Å². The third-order valence-electron chi connectivity index (χ3n) is 5.24. The molecular weight excluding hydrogens is 294 g/mol. The second kappa shape index (κ2) is 5.37. The van der Waals surface area contributed by atoms with Crippen LogP contribution in [0.5, 0.6) is 0 Å². The molecule has 1 aliphatic heterocycles. The zero-order valence-corrected chi connectivity index (χ0v) is 14.2. The molecule has 0 saturated carbocycles. The molecule has 0 spiro atoms. The lowest BCUT2D eigenvalue weighted by atomic mass is 9.97. The van der Waals surface area contributed by atoms with E-state index in [9.17, 15) is 4.79 Å². The summed E-state index contributed by atoms with van der Waals surface area (Å²) < 4.78 is 1.78. The van der Waals surface area contributed by atoms with Crippen molar-refractivity contribution in [3.8, 4) is 0 Å². The molecule has 0 N–H and O–H groups in total. The van der Waals surface area contributed by atoms with Crippen molar-refractivity contribution in [3.05, 3.63) is 20.8 Å². The molecule has 22 heavy (non-hydrogen) atoms. The average molecular weight is 317 g/mol. The molecule has 1 fully saturated rings. The van der Waals surface area contributed by atoms with E-state index in [1.165, 1.54) is 36.1 Å². The number of aryl methyl sites for hydroxylation is 2. The van der Waals surface area contributed by atoms with E-state index in [0.717, 1.165) is 48.0 Å². The van der Waals surface area contributed by atoms with Crippen LogP contribution in [0.1, 0.15) is 43.0 Å². The summed E-state index contributed by atoms with van der Waals surface area (Å²) in [6, 6.07) is 0. The Morgan fingerprint density at radius 3 is 2.68 bits per heavy atom. The van der Waals surface area contributed by atoms with Gasteiger partial charge in [0.1, 0.15) is 4.83 Å². The molecule has 0 aromatic carbocycles. The van der Waals surface area contributed by atoms with Gasteiger partial charge in [-0.3, -0.25) is 9.36 Å². The highest BCUT2D eigenvalue weighted by molar-refractivity contribution is 7.18. The number of hydrogen-bond donors (Lipinski definition) is 0. The van der Waals surface area contributed by atoms with Gasteiger partial charge in [-0.2, -0.15) is 0 Å². The fourth-order valence-electron chi connectivity index (χ4n) is 3.77.